The first-order chi connectivity index (χ1) is 17.1. The van der Waals surface area contributed by atoms with Crippen LogP contribution in [0.2, 0.25) is 0 Å². The largest absolute Gasteiger partial charge is 0.417 e. The molecule has 3 unspecified atom stereocenters. The maximum atomic E-state index is 14.2. The molecule has 3 heterocycles. The number of nitrogens with one attached hydrogen (secondary N) is 1. The number of carbonyl (C=O) groups is 3. The molecule has 0 saturated carbocycles. The minimum Gasteiger partial charge on any atom is -0.417 e. The van der Waals surface area contributed by atoms with Gasteiger partial charge in [-0.1, -0.05) is 57.1 Å². The smallest absolute Gasteiger partial charge is 0.311 e. The summed E-state index contributed by atoms with van der Waals surface area (Å²) in [6.07, 6.45) is 1.43. The number of pyridine rings is 1. The summed E-state index contributed by atoms with van der Waals surface area (Å²) in [5.74, 6) is -4.74. The van der Waals surface area contributed by atoms with E-state index in [1.807, 2.05) is 30.3 Å². The van der Waals surface area contributed by atoms with E-state index >= 15 is 0 Å². The predicted molar refractivity (Wildman–Crippen MR) is 128 cm³/mol. The quantitative estimate of drug-likeness (QED) is 0.553. The molecule has 10 heteroatoms. The Bertz CT molecular complexity index is 1210. The number of ether oxygens (including phenoxy) is 2. The molecule has 0 radical (unpaired) electrons. The summed E-state index contributed by atoms with van der Waals surface area (Å²) in [4.78, 5) is 48.3. The lowest BCUT2D eigenvalue weighted by Crippen LogP contribution is -2.60. The fraction of sp³-hybridized carbons (Fsp3) is 0.500. The van der Waals surface area contributed by atoms with Gasteiger partial charge in [0.1, 0.15) is 11.8 Å². The van der Waals surface area contributed by atoms with Crippen molar-refractivity contribution in [2.75, 3.05) is 6.67 Å². The molecule has 1 N–H and O–H groups in total. The molecule has 3 atom stereocenters. The number of benzene rings is 1. The van der Waals surface area contributed by atoms with E-state index in [1.165, 1.54) is 0 Å². The molecule has 1 amide bonds. The van der Waals surface area contributed by atoms with E-state index in [0.29, 0.717) is 11.4 Å². The van der Waals surface area contributed by atoms with Crippen LogP contribution in [0, 0.1) is 11.8 Å². The maximum absolute atomic E-state index is 14.2. The number of aromatic nitrogens is 1. The first-order valence-corrected chi connectivity index (χ1v) is 12.0. The van der Waals surface area contributed by atoms with Crippen LogP contribution >= 0.6 is 0 Å². The Hall–Kier alpha value is -3.56. The number of halogens is 1. The molecule has 1 fully saturated rings. The van der Waals surface area contributed by atoms with Gasteiger partial charge in [-0.3, -0.25) is 19.4 Å². The average Bonchev–Trinajstić information content (AvgIpc) is 3.41. The van der Waals surface area contributed by atoms with E-state index < -0.39 is 42.0 Å². The molecule has 1 saturated heterocycles. The number of esters is 2. The molecule has 2 aromatic rings. The number of alkyl halides is 1. The van der Waals surface area contributed by atoms with Gasteiger partial charge in [-0.05, 0) is 17.4 Å². The maximum Gasteiger partial charge on any atom is 0.311 e. The van der Waals surface area contributed by atoms with E-state index in [0.717, 1.165) is 10.8 Å². The Morgan fingerprint density at radius 3 is 2.67 bits per heavy atom. The topological polar surface area (TPSA) is 116 Å². The van der Waals surface area contributed by atoms with Gasteiger partial charge in [-0.2, -0.15) is 0 Å². The summed E-state index contributed by atoms with van der Waals surface area (Å²) in [6.45, 7) is 5.90. The highest BCUT2D eigenvalue weighted by Crippen LogP contribution is 2.37. The molecule has 192 valence electrons. The summed E-state index contributed by atoms with van der Waals surface area (Å²) in [7, 11) is 0. The van der Waals surface area contributed by atoms with Crippen LogP contribution in [-0.2, 0) is 28.7 Å². The van der Waals surface area contributed by atoms with Crippen molar-refractivity contribution in [1.29, 1.82) is 0 Å². The normalized spacial score (nSPS) is 25.6. The summed E-state index contributed by atoms with van der Waals surface area (Å²) in [5.41, 5.74) is -0.345. The molecule has 1 aromatic heterocycles. The first-order valence-electron chi connectivity index (χ1n) is 12.0. The Morgan fingerprint density at radius 1 is 1.22 bits per heavy atom. The van der Waals surface area contributed by atoms with Crippen molar-refractivity contribution in [3.05, 3.63) is 42.2 Å². The van der Waals surface area contributed by atoms with Gasteiger partial charge < -0.3 is 19.6 Å². The molecule has 2 aliphatic rings. The van der Waals surface area contributed by atoms with Crippen molar-refractivity contribution < 1.29 is 33.1 Å². The van der Waals surface area contributed by atoms with E-state index in [1.54, 1.807) is 33.9 Å². The zero-order valence-electron chi connectivity index (χ0n) is 20.7. The van der Waals surface area contributed by atoms with Crippen LogP contribution in [0.5, 0.6) is 0 Å². The van der Waals surface area contributed by atoms with Crippen molar-refractivity contribution in [2.45, 2.75) is 64.4 Å². The minimum atomic E-state index is -2.23. The molecule has 0 bridgehead atoms. The van der Waals surface area contributed by atoms with Gasteiger partial charge in [-0.25, -0.2) is 4.39 Å². The molecular weight excluding hydrogens is 469 g/mol. The zero-order chi connectivity index (χ0) is 26.1. The third kappa shape index (κ3) is 4.64. The van der Waals surface area contributed by atoms with Gasteiger partial charge in [0.05, 0.1) is 12.1 Å². The summed E-state index contributed by atoms with van der Waals surface area (Å²) < 4.78 is 24.6. The molecule has 1 aromatic carbocycles. The standard InChI is InChI=1S/C26H30FN3O6/c1-15(2)11-21(31)34-26(14-27)20(12-22(32)35-26)29-24(33)25(16(3)4)13-19(30-36-25)23-18-8-6-5-7-17(18)9-10-28-23/h5-10,15-16,20H,11-14H2,1-4H3,(H,29,33). The van der Waals surface area contributed by atoms with Gasteiger partial charge >= 0.3 is 17.7 Å². The Balaban J connectivity index is 1.58. The second-order valence-corrected chi connectivity index (χ2v) is 9.95. The van der Waals surface area contributed by atoms with Crippen LogP contribution < -0.4 is 5.32 Å². The Kier molecular flexibility index (Phi) is 6.97. The molecular formula is C26H30FN3O6. The number of nitrogens with zero attached hydrogens (tertiary/aromatic N) is 2. The van der Waals surface area contributed by atoms with Gasteiger partial charge in [0, 0.05) is 30.3 Å². The van der Waals surface area contributed by atoms with Gasteiger partial charge in [0.15, 0.2) is 6.67 Å². The van der Waals surface area contributed by atoms with Crippen molar-refractivity contribution >= 4 is 34.3 Å². The van der Waals surface area contributed by atoms with Crippen LogP contribution in [-0.4, -0.2) is 52.6 Å². The first kappa shape index (κ1) is 25.5. The number of rotatable bonds is 8. The summed E-state index contributed by atoms with van der Waals surface area (Å²) >= 11 is 0. The molecule has 36 heavy (non-hydrogen) atoms. The van der Waals surface area contributed by atoms with E-state index in [4.69, 9.17) is 14.3 Å². The van der Waals surface area contributed by atoms with Gasteiger partial charge in [0.2, 0.25) is 5.60 Å². The lowest BCUT2D eigenvalue weighted by Gasteiger charge is -2.34. The van der Waals surface area contributed by atoms with Crippen molar-refractivity contribution in [3.63, 3.8) is 0 Å². The fourth-order valence-electron chi connectivity index (χ4n) is 4.50. The number of amides is 1. The third-order valence-corrected chi connectivity index (χ3v) is 6.55. The van der Waals surface area contributed by atoms with Crippen LogP contribution in [0.4, 0.5) is 4.39 Å². The van der Waals surface area contributed by atoms with Crippen molar-refractivity contribution in [2.24, 2.45) is 17.0 Å². The zero-order valence-corrected chi connectivity index (χ0v) is 20.7. The van der Waals surface area contributed by atoms with E-state index in [9.17, 15) is 18.8 Å². The highest BCUT2D eigenvalue weighted by Gasteiger charge is 2.57. The van der Waals surface area contributed by atoms with Crippen molar-refractivity contribution in [1.82, 2.24) is 10.3 Å². The lowest BCUT2D eigenvalue weighted by atomic mass is 9.83. The molecule has 4 rings (SSSR count). The summed E-state index contributed by atoms with van der Waals surface area (Å²) in [5, 5.41) is 8.71. The van der Waals surface area contributed by atoms with Crippen LogP contribution in [0.3, 0.4) is 0 Å². The second kappa shape index (κ2) is 9.83. The number of oxime groups is 1. The minimum absolute atomic E-state index is 0.00818. The number of hydrogen-bond donors (Lipinski definition) is 1. The number of cyclic esters (lactones) is 1. The molecule has 9 nitrogen and oxygen atoms in total. The summed E-state index contributed by atoms with van der Waals surface area (Å²) in [6, 6.07) is 8.33. The fourth-order valence-corrected chi connectivity index (χ4v) is 4.50. The third-order valence-electron chi connectivity index (χ3n) is 6.55. The highest BCUT2D eigenvalue weighted by atomic mass is 19.1. The Morgan fingerprint density at radius 2 is 1.97 bits per heavy atom. The number of carbonyl (C=O) groups excluding carboxylic acids is 3. The van der Waals surface area contributed by atoms with Crippen molar-refractivity contribution in [3.8, 4) is 0 Å². The van der Waals surface area contributed by atoms with Crippen LogP contribution in [0.15, 0.2) is 41.7 Å². The monoisotopic (exact) mass is 499 g/mol. The van der Waals surface area contributed by atoms with Gasteiger partial charge in [0.25, 0.3) is 5.91 Å². The molecule has 0 aliphatic carbocycles. The predicted octanol–water partition coefficient (Wildman–Crippen LogP) is 3.44. The van der Waals surface area contributed by atoms with Gasteiger partial charge in [-0.15, -0.1) is 0 Å². The Labute approximate surface area is 208 Å². The van der Waals surface area contributed by atoms with E-state index in [2.05, 4.69) is 15.5 Å². The lowest BCUT2D eigenvalue weighted by molar-refractivity contribution is -0.226. The SMILES string of the molecule is CC(C)CC(=O)OC1(CF)OC(=O)CC1NC(=O)C1(C(C)C)CC(c2nccc3ccccc23)=NO1. The van der Waals surface area contributed by atoms with Crippen LogP contribution in [0.1, 0.15) is 52.7 Å². The average molecular weight is 500 g/mol. The molecule has 2 aliphatic heterocycles. The number of hydrogen-bond acceptors (Lipinski definition) is 8. The van der Waals surface area contributed by atoms with Crippen LogP contribution in [0.25, 0.3) is 10.8 Å². The molecule has 0 spiro atoms. The highest BCUT2D eigenvalue weighted by molar-refractivity contribution is 6.11. The number of fused-ring (bicyclic) bond motifs is 1. The van der Waals surface area contributed by atoms with E-state index in [-0.39, 0.29) is 31.1 Å². The second-order valence-electron chi connectivity index (χ2n) is 9.95.